The molecule has 0 spiro atoms. The summed E-state index contributed by atoms with van der Waals surface area (Å²) < 4.78 is 3.76. The van der Waals surface area contributed by atoms with Crippen LogP contribution in [0.3, 0.4) is 0 Å². The summed E-state index contributed by atoms with van der Waals surface area (Å²) in [5, 5.41) is 17.5. The molecule has 15 heavy (non-hydrogen) atoms. The van der Waals surface area contributed by atoms with Gasteiger partial charge in [0.2, 0.25) is 0 Å². The second-order valence-corrected chi connectivity index (χ2v) is 3.99. The zero-order chi connectivity index (χ0) is 10.7. The standard InChI is InChI=1S/C10H11N3OS/c1-7(12-10-6-11-13-15-10)8-4-2-3-5-9(8)14/h2-7,12,14H,1H3. The Morgan fingerprint density at radius 3 is 2.87 bits per heavy atom. The van der Waals surface area contributed by atoms with Gasteiger partial charge >= 0.3 is 0 Å². The summed E-state index contributed by atoms with van der Waals surface area (Å²) in [6.07, 6.45) is 1.67. The maximum atomic E-state index is 9.64. The van der Waals surface area contributed by atoms with Crippen molar-refractivity contribution < 1.29 is 5.11 Å². The maximum Gasteiger partial charge on any atom is 0.130 e. The van der Waals surface area contributed by atoms with Crippen molar-refractivity contribution in [2.45, 2.75) is 13.0 Å². The Balaban J connectivity index is 2.15. The van der Waals surface area contributed by atoms with Crippen molar-refractivity contribution in [3.8, 4) is 5.75 Å². The van der Waals surface area contributed by atoms with Gasteiger partial charge in [0.1, 0.15) is 10.8 Å². The molecule has 78 valence electrons. The van der Waals surface area contributed by atoms with Crippen LogP contribution < -0.4 is 5.32 Å². The van der Waals surface area contributed by atoms with Gasteiger partial charge in [-0.25, -0.2) is 0 Å². The Bertz CT molecular complexity index is 430. The Kier molecular flexibility index (Phi) is 2.82. The predicted molar refractivity (Wildman–Crippen MR) is 60.1 cm³/mol. The molecule has 1 atom stereocenters. The van der Waals surface area contributed by atoms with Gasteiger partial charge in [0.25, 0.3) is 0 Å². The molecule has 0 amide bonds. The van der Waals surface area contributed by atoms with E-state index in [-0.39, 0.29) is 6.04 Å². The quantitative estimate of drug-likeness (QED) is 0.835. The van der Waals surface area contributed by atoms with Gasteiger partial charge in [-0.15, -0.1) is 5.10 Å². The lowest BCUT2D eigenvalue weighted by molar-refractivity contribution is 0.465. The zero-order valence-corrected chi connectivity index (χ0v) is 9.03. The minimum Gasteiger partial charge on any atom is -0.508 e. The molecule has 0 fully saturated rings. The number of aromatic hydroxyl groups is 1. The summed E-state index contributed by atoms with van der Waals surface area (Å²) in [5.41, 5.74) is 0.867. The van der Waals surface area contributed by atoms with Crippen LogP contribution in [0, 0.1) is 0 Å². The van der Waals surface area contributed by atoms with Crippen LogP contribution in [0.15, 0.2) is 30.5 Å². The van der Waals surface area contributed by atoms with Gasteiger partial charge < -0.3 is 10.4 Å². The average molecular weight is 221 g/mol. The van der Waals surface area contributed by atoms with Crippen molar-refractivity contribution in [2.24, 2.45) is 0 Å². The molecule has 1 unspecified atom stereocenters. The number of rotatable bonds is 3. The van der Waals surface area contributed by atoms with Gasteiger partial charge in [-0.1, -0.05) is 22.7 Å². The van der Waals surface area contributed by atoms with Crippen LogP contribution in [-0.2, 0) is 0 Å². The molecular formula is C10H11N3OS. The van der Waals surface area contributed by atoms with Crippen molar-refractivity contribution in [2.75, 3.05) is 5.32 Å². The molecule has 1 aromatic heterocycles. The van der Waals surface area contributed by atoms with Gasteiger partial charge in [-0.3, -0.25) is 0 Å². The zero-order valence-electron chi connectivity index (χ0n) is 8.21. The number of nitrogens with one attached hydrogen (secondary N) is 1. The van der Waals surface area contributed by atoms with Crippen LogP contribution in [0.4, 0.5) is 5.00 Å². The van der Waals surface area contributed by atoms with Crippen LogP contribution in [-0.4, -0.2) is 14.7 Å². The lowest BCUT2D eigenvalue weighted by Gasteiger charge is -2.14. The molecule has 0 saturated heterocycles. The molecule has 0 bridgehead atoms. The number of phenols is 1. The topological polar surface area (TPSA) is 58.0 Å². The van der Waals surface area contributed by atoms with Crippen molar-refractivity contribution in [3.05, 3.63) is 36.0 Å². The van der Waals surface area contributed by atoms with Gasteiger partial charge in [0.05, 0.1) is 12.2 Å². The molecule has 2 aromatic rings. The Morgan fingerprint density at radius 2 is 2.20 bits per heavy atom. The summed E-state index contributed by atoms with van der Waals surface area (Å²) in [6, 6.07) is 7.31. The van der Waals surface area contributed by atoms with Gasteiger partial charge in [-0.05, 0) is 13.0 Å². The summed E-state index contributed by atoms with van der Waals surface area (Å²) in [5.74, 6) is 0.301. The smallest absolute Gasteiger partial charge is 0.130 e. The van der Waals surface area contributed by atoms with Crippen molar-refractivity contribution in [1.29, 1.82) is 0 Å². The van der Waals surface area contributed by atoms with E-state index in [1.165, 1.54) is 11.5 Å². The third-order valence-corrected chi connectivity index (χ3v) is 2.72. The van der Waals surface area contributed by atoms with E-state index in [9.17, 15) is 5.11 Å². The first kappa shape index (κ1) is 9.92. The molecule has 0 aliphatic heterocycles. The highest BCUT2D eigenvalue weighted by molar-refractivity contribution is 7.09. The fraction of sp³-hybridized carbons (Fsp3) is 0.200. The molecule has 0 radical (unpaired) electrons. The monoisotopic (exact) mass is 221 g/mol. The molecule has 4 nitrogen and oxygen atoms in total. The summed E-state index contributed by atoms with van der Waals surface area (Å²) in [4.78, 5) is 0. The number of benzene rings is 1. The minimum absolute atomic E-state index is 0.0356. The van der Waals surface area contributed by atoms with Crippen molar-refractivity contribution in [3.63, 3.8) is 0 Å². The normalized spacial score (nSPS) is 12.3. The van der Waals surface area contributed by atoms with E-state index in [0.717, 1.165) is 10.6 Å². The molecule has 1 aromatic carbocycles. The fourth-order valence-corrected chi connectivity index (χ4v) is 1.88. The first-order valence-corrected chi connectivity index (χ1v) is 5.36. The first-order chi connectivity index (χ1) is 7.27. The highest BCUT2D eigenvalue weighted by atomic mass is 32.1. The lowest BCUT2D eigenvalue weighted by Crippen LogP contribution is -2.05. The Morgan fingerprint density at radius 1 is 1.40 bits per heavy atom. The average Bonchev–Trinajstić information content (AvgIpc) is 2.71. The molecule has 5 heteroatoms. The molecular weight excluding hydrogens is 210 g/mol. The largest absolute Gasteiger partial charge is 0.508 e. The second kappa shape index (κ2) is 4.27. The van der Waals surface area contributed by atoms with Crippen LogP contribution in [0.1, 0.15) is 18.5 Å². The van der Waals surface area contributed by atoms with Crippen molar-refractivity contribution in [1.82, 2.24) is 9.59 Å². The molecule has 0 aliphatic rings. The summed E-state index contributed by atoms with van der Waals surface area (Å²) >= 11 is 1.30. The first-order valence-electron chi connectivity index (χ1n) is 4.59. The van der Waals surface area contributed by atoms with E-state index in [1.54, 1.807) is 18.3 Å². The van der Waals surface area contributed by atoms with E-state index < -0.39 is 0 Å². The maximum absolute atomic E-state index is 9.64. The molecule has 2 rings (SSSR count). The van der Waals surface area contributed by atoms with Crippen LogP contribution in [0.2, 0.25) is 0 Å². The number of phenolic OH excluding ortho intramolecular Hbond substituents is 1. The van der Waals surface area contributed by atoms with Crippen LogP contribution >= 0.6 is 11.5 Å². The predicted octanol–water partition coefficient (Wildman–Crippen LogP) is 2.42. The lowest BCUT2D eigenvalue weighted by atomic mass is 10.1. The van der Waals surface area contributed by atoms with Crippen LogP contribution in [0.5, 0.6) is 5.75 Å². The molecule has 1 heterocycles. The fourth-order valence-electron chi connectivity index (χ4n) is 1.38. The number of anilines is 1. The van der Waals surface area contributed by atoms with E-state index >= 15 is 0 Å². The van der Waals surface area contributed by atoms with Crippen molar-refractivity contribution >= 4 is 16.5 Å². The minimum atomic E-state index is 0.0356. The second-order valence-electron chi connectivity index (χ2n) is 3.21. The number of hydrogen-bond donors (Lipinski definition) is 2. The third kappa shape index (κ3) is 2.24. The molecule has 0 saturated carbocycles. The number of aromatic nitrogens is 2. The summed E-state index contributed by atoms with van der Waals surface area (Å²) in [7, 11) is 0. The molecule has 0 aliphatic carbocycles. The number of hydrogen-bond acceptors (Lipinski definition) is 5. The van der Waals surface area contributed by atoms with Crippen LogP contribution in [0.25, 0.3) is 0 Å². The number of nitrogens with zero attached hydrogens (tertiary/aromatic N) is 2. The highest BCUT2D eigenvalue weighted by Gasteiger charge is 2.09. The van der Waals surface area contributed by atoms with E-state index in [1.807, 2.05) is 19.1 Å². The highest BCUT2D eigenvalue weighted by Crippen LogP contribution is 2.26. The van der Waals surface area contributed by atoms with E-state index in [2.05, 4.69) is 14.9 Å². The summed E-state index contributed by atoms with van der Waals surface area (Å²) in [6.45, 7) is 1.98. The number of para-hydroxylation sites is 1. The Labute approximate surface area is 91.8 Å². The van der Waals surface area contributed by atoms with E-state index in [0.29, 0.717) is 5.75 Å². The Hall–Kier alpha value is -1.62. The van der Waals surface area contributed by atoms with E-state index in [4.69, 9.17) is 0 Å². The van der Waals surface area contributed by atoms with Gasteiger partial charge in [0.15, 0.2) is 0 Å². The third-order valence-electron chi connectivity index (χ3n) is 2.12. The van der Waals surface area contributed by atoms with Gasteiger partial charge in [-0.2, -0.15) is 0 Å². The van der Waals surface area contributed by atoms with Gasteiger partial charge in [0, 0.05) is 17.1 Å². The molecule has 2 N–H and O–H groups in total. The SMILES string of the molecule is CC(Nc1cnns1)c1ccccc1O.